The van der Waals surface area contributed by atoms with Gasteiger partial charge in [-0.1, -0.05) is 351 Å². The Kier molecular flexibility index (Phi) is 72.9. The van der Waals surface area contributed by atoms with Crippen molar-refractivity contribution in [2.24, 2.45) is 0 Å². The van der Waals surface area contributed by atoms with Crippen molar-refractivity contribution >= 4 is 19.8 Å². The summed E-state index contributed by atoms with van der Waals surface area (Å²) in [6, 6.07) is 0. The Labute approximate surface area is 604 Å². The Balaban J connectivity index is 4.01. The first-order valence-electron chi connectivity index (χ1n) is 39.9. The zero-order chi connectivity index (χ0) is 71.1. The molecule has 0 bridgehead atoms. The van der Waals surface area contributed by atoms with Crippen molar-refractivity contribution in [1.29, 1.82) is 0 Å². The number of phosphoric ester groups is 1. The fourth-order valence-electron chi connectivity index (χ4n) is 10.7. The van der Waals surface area contributed by atoms with Gasteiger partial charge in [0.05, 0.1) is 27.7 Å². The predicted molar refractivity (Wildman–Crippen MR) is 426 cm³/mol. The van der Waals surface area contributed by atoms with Crippen LogP contribution in [0, 0.1) is 0 Å². The van der Waals surface area contributed by atoms with E-state index in [1.165, 1.54) is 154 Å². The zero-order valence-electron chi connectivity index (χ0n) is 63.7. The van der Waals surface area contributed by atoms with Gasteiger partial charge in [0.15, 0.2) is 6.10 Å². The minimum absolute atomic E-state index is 0.0249. The number of ether oxygens (including phenoxy) is 2. The van der Waals surface area contributed by atoms with Crippen LogP contribution in [0.3, 0.4) is 0 Å². The molecule has 2 unspecified atom stereocenters. The van der Waals surface area contributed by atoms with Gasteiger partial charge in [0, 0.05) is 12.8 Å². The van der Waals surface area contributed by atoms with Gasteiger partial charge in [0.2, 0.25) is 0 Å². The fourth-order valence-corrected chi connectivity index (χ4v) is 11.5. The van der Waals surface area contributed by atoms with Crippen LogP contribution in [0.1, 0.15) is 322 Å². The molecule has 0 aromatic carbocycles. The van der Waals surface area contributed by atoms with E-state index in [1.54, 1.807) is 0 Å². The Bertz CT molecular complexity index is 2270. The van der Waals surface area contributed by atoms with Crippen molar-refractivity contribution in [3.63, 3.8) is 0 Å². The lowest BCUT2D eigenvalue weighted by Crippen LogP contribution is -2.37. The second kappa shape index (κ2) is 76.5. The normalized spacial score (nSPS) is 14.0. The predicted octanol–water partition coefficient (Wildman–Crippen LogP) is 26.8. The molecule has 0 radical (unpaired) electrons. The van der Waals surface area contributed by atoms with Gasteiger partial charge < -0.3 is 18.9 Å². The number of allylic oxidation sites excluding steroid dienone is 28. The highest BCUT2D eigenvalue weighted by Gasteiger charge is 2.27. The van der Waals surface area contributed by atoms with Crippen LogP contribution in [-0.4, -0.2) is 74.9 Å². The third-order valence-electron chi connectivity index (χ3n) is 16.7. The van der Waals surface area contributed by atoms with E-state index in [1.807, 2.05) is 21.1 Å². The second-order valence-electron chi connectivity index (χ2n) is 27.3. The van der Waals surface area contributed by atoms with Crippen LogP contribution < -0.4 is 0 Å². The van der Waals surface area contributed by atoms with Crippen molar-refractivity contribution in [3.8, 4) is 0 Å². The van der Waals surface area contributed by atoms with E-state index >= 15 is 0 Å². The number of quaternary nitrogens is 1. The largest absolute Gasteiger partial charge is 0.472 e. The van der Waals surface area contributed by atoms with E-state index in [0.29, 0.717) is 17.4 Å². The molecule has 558 valence electrons. The highest BCUT2D eigenvalue weighted by molar-refractivity contribution is 7.47. The number of unbranched alkanes of at least 4 members (excludes halogenated alkanes) is 30. The molecule has 1 N–H and O–H groups in total. The van der Waals surface area contributed by atoms with Crippen molar-refractivity contribution in [2.45, 2.75) is 328 Å². The summed E-state index contributed by atoms with van der Waals surface area (Å²) in [5, 5.41) is 0. The topological polar surface area (TPSA) is 108 Å². The van der Waals surface area contributed by atoms with Gasteiger partial charge in [-0.25, -0.2) is 4.57 Å². The number of hydrogen-bond donors (Lipinski definition) is 1. The van der Waals surface area contributed by atoms with Gasteiger partial charge in [-0.3, -0.25) is 18.6 Å². The van der Waals surface area contributed by atoms with Crippen LogP contribution in [0.5, 0.6) is 0 Å². The van der Waals surface area contributed by atoms with Gasteiger partial charge in [-0.05, 0) is 128 Å². The van der Waals surface area contributed by atoms with Crippen molar-refractivity contribution < 1.29 is 42.1 Å². The molecular formula is C88H149NO8P+. The lowest BCUT2D eigenvalue weighted by Gasteiger charge is -2.24. The standard InChI is InChI=1S/C88H148NO8P/c1-6-8-10-12-14-16-18-20-22-24-26-28-30-32-34-36-38-40-42-43-44-45-47-48-50-52-54-56-58-60-62-64-66-68-70-72-74-76-78-80-87(90)94-84-86(85-96-98(92,93)95-83-82-89(3,4)5)97-88(91)81-79-77-75-73-71-69-67-65-63-61-59-57-55-53-51-49-46-41-39-37-35-33-31-29-27-25-23-21-19-17-15-13-11-9-7-2/h8-11,14-17,20-23,26-29,32-35,38-41,49,51,55,57,86H,6-7,12-13,18-19,24-25,30-31,36-37,42-48,50,52-54,56,58-85H2,1-5H3/p+1/b10-8-,11-9-,16-14-,17-15-,22-20-,23-21-,28-26-,29-27-,34-32-,35-33-,40-38-,41-39-,51-49-,57-55-. The molecule has 0 aliphatic rings. The first-order valence-corrected chi connectivity index (χ1v) is 41.4. The molecule has 0 aromatic heterocycles. The third-order valence-corrected chi connectivity index (χ3v) is 17.7. The SMILES string of the molecule is CC/C=C\C/C=C\C/C=C\C/C=C\C/C=C\C/C=C\C/C=C\C/C=C\CCCCCCCCCCCCC(=O)OC(COC(=O)CCCCCCCCCCCCCCCCCCCCCC/C=C\C/C=C\C/C=C\C/C=C\C/C=C\C/C=C\CC)COP(=O)(O)OCC[N+](C)(C)C. The van der Waals surface area contributed by atoms with Gasteiger partial charge in [0.25, 0.3) is 0 Å². The number of phosphoric acid groups is 1. The highest BCUT2D eigenvalue weighted by atomic mass is 31.2. The molecule has 0 amide bonds. The minimum atomic E-state index is -4.41. The smallest absolute Gasteiger partial charge is 0.462 e. The molecule has 0 rings (SSSR count). The highest BCUT2D eigenvalue weighted by Crippen LogP contribution is 2.43. The van der Waals surface area contributed by atoms with Crippen LogP contribution in [0.4, 0.5) is 0 Å². The van der Waals surface area contributed by atoms with Crippen molar-refractivity contribution in [2.75, 3.05) is 47.5 Å². The summed E-state index contributed by atoms with van der Waals surface area (Å²) in [5.74, 6) is -0.800. The van der Waals surface area contributed by atoms with Crippen molar-refractivity contribution in [3.05, 3.63) is 170 Å². The van der Waals surface area contributed by atoms with Crippen LogP contribution in [0.15, 0.2) is 170 Å². The Morgan fingerprint density at radius 3 is 0.816 bits per heavy atom. The van der Waals surface area contributed by atoms with Crippen LogP contribution in [0.25, 0.3) is 0 Å². The van der Waals surface area contributed by atoms with Crippen LogP contribution in [0.2, 0.25) is 0 Å². The average Bonchev–Trinajstić information content (AvgIpc) is 1.08. The lowest BCUT2D eigenvalue weighted by atomic mass is 10.0. The first-order chi connectivity index (χ1) is 48.0. The molecule has 2 atom stereocenters. The molecule has 0 fully saturated rings. The van der Waals surface area contributed by atoms with Crippen LogP contribution >= 0.6 is 7.82 Å². The van der Waals surface area contributed by atoms with E-state index in [9.17, 15) is 19.0 Å². The molecule has 9 nitrogen and oxygen atoms in total. The number of nitrogens with zero attached hydrogens (tertiary/aromatic N) is 1. The summed E-state index contributed by atoms with van der Waals surface area (Å²) in [7, 11) is 1.47. The Morgan fingerprint density at radius 2 is 0.551 bits per heavy atom. The maximum atomic E-state index is 12.9. The summed E-state index contributed by atoms with van der Waals surface area (Å²) >= 11 is 0. The van der Waals surface area contributed by atoms with E-state index in [-0.39, 0.29) is 32.0 Å². The third kappa shape index (κ3) is 80.3. The maximum Gasteiger partial charge on any atom is 0.472 e. The number of carbonyl (C=O) groups is 2. The quantitative estimate of drug-likeness (QED) is 0.0211. The summed E-state index contributed by atoms with van der Waals surface area (Å²) in [6.07, 6.45) is 116. The van der Waals surface area contributed by atoms with Gasteiger partial charge in [0.1, 0.15) is 19.8 Å². The monoisotopic (exact) mass is 1380 g/mol. The van der Waals surface area contributed by atoms with Gasteiger partial charge in [-0.15, -0.1) is 0 Å². The summed E-state index contributed by atoms with van der Waals surface area (Å²) in [4.78, 5) is 36.0. The summed E-state index contributed by atoms with van der Waals surface area (Å²) < 4.78 is 34.8. The Hall–Kier alpha value is -4.63. The molecule has 0 aromatic rings. The van der Waals surface area contributed by atoms with Crippen molar-refractivity contribution in [1.82, 2.24) is 0 Å². The number of hydrogen-bond acceptors (Lipinski definition) is 7. The minimum Gasteiger partial charge on any atom is -0.462 e. The van der Waals surface area contributed by atoms with E-state index in [2.05, 4.69) is 184 Å². The lowest BCUT2D eigenvalue weighted by molar-refractivity contribution is -0.870. The van der Waals surface area contributed by atoms with E-state index < -0.39 is 26.5 Å². The van der Waals surface area contributed by atoms with E-state index in [0.717, 1.165) is 135 Å². The van der Waals surface area contributed by atoms with Gasteiger partial charge in [-0.2, -0.15) is 0 Å². The van der Waals surface area contributed by atoms with Crippen LogP contribution in [-0.2, 0) is 32.7 Å². The molecule has 0 aliphatic heterocycles. The number of esters is 2. The average molecular weight is 1380 g/mol. The molecule has 0 heterocycles. The zero-order valence-corrected chi connectivity index (χ0v) is 64.6. The fraction of sp³-hybridized carbons (Fsp3) is 0.659. The molecule has 10 heteroatoms. The number of likely N-dealkylation sites (N-methyl/N-ethyl adjacent to an activating group) is 1. The maximum absolute atomic E-state index is 12.9. The summed E-state index contributed by atoms with van der Waals surface area (Å²) in [5.41, 5.74) is 0. The molecule has 0 saturated carbocycles. The molecule has 0 aliphatic carbocycles. The molecule has 0 saturated heterocycles. The molecule has 98 heavy (non-hydrogen) atoms. The number of carbonyl (C=O) groups excluding carboxylic acids is 2. The molecule has 0 spiro atoms. The van der Waals surface area contributed by atoms with Gasteiger partial charge >= 0.3 is 19.8 Å². The summed E-state index contributed by atoms with van der Waals surface area (Å²) in [6.45, 7) is 4.21. The molecular weight excluding hydrogens is 1230 g/mol. The second-order valence-corrected chi connectivity index (χ2v) is 28.8. The Morgan fingerprint density at radius 1 is 0.316 bits per heavy atom. The first kappa shape index (κ1) is 93.4. The van der Waals surface area contributed by atoms with E-state index in [4.69, 9.17) is 18.5 Å². The number of rotatable bonds is 72.